The van der Waals surface area contributed by atoms with E-state index in [4.69, 9.17) is 9.47 Å². The summed E-state index contributed by atoms with van der Waals surface area (Å²) < 4.78 is 13.0. The summed E-state index contributed by atoms with van der Waals surface area (Å²) in [6.07, 6.45) is 0. The fraction of sp³-hybridized carbons (Fsp3) is 0.103. The van der Waals surface area contributed by atoms with Gasteiger partial charge in [0.1, 0.15) is 5.75 Å². The average molecular weight is 540 g/mol. The number of carbonyl (C=O) groups is 2. The van der Waals surface area contributed by atoms with Gasteiger partial charge in [-0.05, 0) is 32.0 Å². The number of nitro groups is 2. The third kappa shape index (κ3) is 4.49. The predicted octanol–water partition coefficient (Wildman–Crippen LogP) is 6.30. The van der Waals surface area contributed by atoms with Crippen LogP contribution in [0.5, 0.6) is 5.75 Å². The van der Waals surface area contributed by atoms with E-state index in [0.29, 0.717) is 27.4 Å². The molecular formula is C29H21N3O8. The summed E-state index contributed by atoms with van der Waals surface area (Å²) in [6.45, 7) is 3.64. The molecule has 0 radical (unpaired) electrons. The van der Waals surface area contributed by atoms with Crippen LogP contribution < -0.4 is 4.74 Å². The van der Waals surface area contributed by atoms with Crippen LogP contribution in [0.2, 0.25) is 0 Å². The zero-order valence-corrected chi connectivity index (χ0v) is 21.3. The van der Waals surface area contributed by atoms with Gasteiger partial charge < -0.3 is 14.0 Å². The first-order valence-electron chi connectivity index (χ1n) is 12.2. The Morgan fingerprint density at radius 2 is 1.40 bits per heavy atom. The topological polar surface area (TPSA) is 144 Å². The zero-order valence-electron chi connectivity index (χ0n) is 21.3. The van der Waals surface area contributed by atoms with Gasteiger partial charge in [-0.3, -0.25) is 20.2 Å². The molecule has 0 saturated carbocycles. The number of hydrogen-bond donors (Lipinski definition) is 0. The van der Waals surface area contributed by atoms with E-state index < -0.39 is 33.2 Å². The van der Waals surface area contributed by atoms with E-state index in [-0.39, 0.29) is 23.5 Å². The molecule has 0 aliphatic heterocycles. The maximum atomic E-state index is 13.2. The average Bonchev–Trinajstić information content (AvgIpc) is 3.25. The van der Waals surface area contributed by atoms with Crippen LogP contribution in [-0.4, -0.2) is 33.0 Å². The molecule has 11 heteroatoms. The van der Waals surface area contributed by atoms with Gasteiger partial charge in [-0.2, -0.15) is 0 Å². The summed E-state index contributed by atoms with van der Waals surface area (Å²) in [5.41, 5.74) is 0.779. The monoisotopic (exact) mass is 539 g/mol. The first-order valence-corrected chi connectivity index (χ1v) is 12.2. The number of fused-ring (bicyclic) bond motifs is 3. The molecule has 4 aromatic carbocycles. The number of nitro benzene ring substituents is 2. The highest BCUT2D eigenvalue weighted by molar-refractivity contribution is 6.17. The Hall–Kier alpha value is -5.58. The molecule has 0 saturated heterocycles. The number of non-ortho nitro benzene ring substituents is 2. The van der Waals surface area contributed by atoms with Gasteiger partial charge in [-0.25, -0.2) is 9.59 Å². The molecule has 5 rings (SSSR count). The Morgan fingerprint density at radius 1 is 0.800 bits per heavy atom. The lowest BCUT2D eigenvalue weighted by Crippen LogP contribution is -2.10. The number of benzene rings is 4. The molecule has 0 spiro atoms. The number of aromatic nitrogens is 1. The molecule has 1 aromatic heterocycles. The maximum absolute atomic E-state index is 13.2. The first-order chi connectivity index (χ1) is 19.2. The lowest BCUT2D eigenvalue weighted by atomic mass is 10.0. The number of ether oxygens (including phenoxy) is 2. The van der Waals surface area contributed by atoms with Crippen molar-refractivity contribution in [1.82, 2.24) is 4.57 Å². The number of nitrogens with zero attached hydrogens (tertiary/aromatic N) is 3. The van der Waals surface area contributed by atoms with Crippen LogP contribution in [0.3, 0.4) is 0 Å². The SMILES string of the molecule is CCOC(=O)c1c(C)n(-c2ccccc2)c2c1cc(OC(=O)c1cc([N+](=O)[O-])cc([N+](=O)[O-])c1)c1ccccc12. The molecule has 11 nitrogen and oxygen atoms in total. The minimum Gasteiger partial charge on any atom is -0.462 e. The molecule has 0 N–H and O–H groups in total. The second kappa shape index (κ2) is 10.3. The van der Waals surface area contributed by atoms with Crippen LogP contribution in [0.4, 0.5) is 11.4 Å². The Morgan fingerprint density at radius 3 is 2.00 bits per heavy atom. The quantitative estimate of drug-likeness (QED) is 0.101. The van der Waals surface area contributed by atoms with Crippen molar-refractivity contribution in [2.45, 2.75) is 13.8 Å². The van der Waals surface area contributed by atoms with Crippen LogP contribution in [0.25, 0.3) is 27.4 Å². The van der Waals surface area contributed by atoms with Gasteiger partial charge in [0.25, 0.3) is 11.4 Å². The summed E-state index contributed by atoms with van der Waals surface area (Å²) in [5, 5.41) is 24.3. The minimum absolute atomic E-state index is 0.0676. The molecule has 0 aliphatic rings. The number of hydrogen-bond acceptors (Lipinski definition) is 8. The summed E-state index contributed by atoms with van der Waals surface area (Å²) in [5.74, 6) is -1.52. The largest absolute Gasteiger partial charge is 0.462 e. The Labute approximate surface area is 226 Å². The first kappa shape index (κ1) is 26.0. The predicted molar refractivity (Wildman–Crippen MR) is 146 cm³/mol. The highest BCUT2D eigenvalue weighted by Gasteiger charge is 2.27. The normalized spacial score (nSPS) is 10.9. The van der Waals surface area contributed by atoms with Gasteiger partial charge in [0.2, 0.25) is 0 Å². The molecule has 0 unspecified atom stereocenters. The van der Waals surface area contributed by atoms with E-state index in [1.165, 1.54) is 0 Å². The maximum Gasteiger partial charge on any atom is 0.344 e. The summed E-state index contributed by atoms with van der Waals surface area (Å²) in [6, 6.07) is 20.7. The van der Waals surface area contributed by atoms with Gasteiger partial charge in [-0.15, -0.1) is 0 Å². The zero-order chi connectivity index (χ0) is 28.6. The lowest BCUT2D eigenvalue weighted by Gasteiger charge is -2.13. The molecule has 0 amide bonds. The summed E-state index contributed by atoms with van der Waals surface area (Å²) in [7, 11) is 0. The van der Waals surface area contributed by atoms with E-state index in [0.717, 1.165) is 23.9 Å². The number of rotatable bonds is 7. The molecule has 0 bridgehead atoms. The van der Waals surface area contributed by atoms with Crippen molar-refractivity contribution < 1.29 is 28.9 Å². The molecular weight excluding hydrogens is 518 g/mol. The van der Waals surface area contributed by atoms with Crippen LogP contribution in [-0.2, 0) is 4.74 Å². The van der Waals surface area contributed by atoms with Gasteiger partial charge >= 0.3 is 11.9 Å². The smallest absolute Gasteiger partial charge is 0.344 e. The van der Waals surface area contributed by atoms with Gasteiger partial charge in [0.05, 0.1) is 39.2 Å². The molecule has 0 fully saturated rings. The second-order valence-electron chi connectivity index (χ2n) is 8.81. The van der Waals surface area contributed by atoms with Crippen molar-refractivity contribution in [3.63, 3.8) is 0 Å². The molecule has 200 valence electrons. The van der Waals surface area contributed by atoms with Crippen molar-refractivity contribution in [2.24, 2.45) is 0 Å². The highest BCUT2D eigenvalue weighted by Crippen LogP contribution is 2.40. The van der Waals surface area contributed by atoms with Gasteiger partial charge in [-0.1, -0.05) is 42.5 Å². The van der Waals surface area contributed by atoms with E-state index in [9.17, 15) is 29.8 Å². The van der Waals surface area contributed by atoms with E-state index in [2.05, 4.69) is 0 Å². The lowest BCUT2D eigenvalue weighted by molar-refractivity contribution is -0.394. The van der Waals surface area contributed by atoms with Crippen molar-refractivity contribution >= 4 is 45.0 Å². The van der Waals surface area contributed by atoms with Gasteiger partial charge in [0.15, 0.2) is 0 Å². The third-order valence-electron chi connectivity index (χ3n) is 6.42. The van der Waals surface area contributed by atoms with Crippen molar-refractivity contribution in [3.8, 4) is 11.4 Å². The number of para-hydroxylation sites is 1. The Kier molecular flexibility index (Phi) is 6.70. The standard InChI is InChI=1S/C29H21N3O8/c1-3-39-29(34)26-17(2)30(19-9-5-4-6-10-19)27-23-12-8-7-11-22(23)25(16-24(26)27)40-28(33)18-13-20(31(35)36)15-21(14-18)32(37)38/h4-16H,3H2,1-2H3. The van der Waals surface area contributed by atoms with Crippen molar-refractivity contribution in [1.29, 1.82) is 0 Å². The Balaban J connectivity index is 1.75. The van der Waals surface area contributed by atoms with Crippen LogP contribution >= 0.6 is 0 Å². The van der Waals surface area contributed by atoms with Crippen molar-refractivity contribution in [3.05, 3.63) is 116 Å². The molecule has 0 atom stereocenters. The summed E-state index contributed by atoms with van der Waals surface area (Å²) in [4.78, 5) is 47.3. The van der Waals surface area contributed by atoms with E-state index >= 15 is 0 Å². The summed E-state index contributed by atoms with van der Waals surface area (Å²) >= 11 is 0. The van der Waals surface area contributed by atoms with Gasteiger partial charge in [0, 0.05) is 39.7 Å². The van der Waals surface area contributed by atoms with Crippen LogP contribution in [0.1, 0.15) is 33.3 Å². The highest BCUT2D eigenvalue weighted by atomic mass is 16.6. The molecule has 0 aliphatic carbocycles. The molecule has 1 heterocycles. The third-order valence-corrected chi connectivity index (χ3v) is 6.42. The second-order valence-corrected chi connectivity index (χ2v) is 8.81. The number of esters is 2. The van der Waals surface area contributed by atoms with Crippen molar-refractivity contribution in [2.75, 3.05) is 6.61 Å². The fourth-order valence-electron chi connectivity index (χ4n) is 4.76. The fourth-order valence-corrected chi connectivity index (χ4v) is 4.76. The molecule has 40 heavy (non-hydrogen) atoms. The van der Waals surface area contributed by atoms with Crippen LogP contribution in [0.15, 0.2) is 78.9 Å². The Bertz CT molecular complexity index is 1810. The van der Waals surface area contributed by atoms with E-state index in [1.807, 2.05) is 41.0 Å². The molecule has 5 aromatic rings. The van der Waals surface area contributed by atoms with Crippen LogP contribution in [0, 0.1) is 27.2 Å². The minimum atomic E-state index is -1.03. The number of carbonyl (C=O) groups excluding carboxylic acids is 2. The van der Waals surface area contributed by atoms with E-state index in [1.54, 1.807) is 38.1 Å².